The summed E-state index contributed by atoms with van der Waals surface area (Å²) in [5.41, 5.74) is 0. The summed E-state index contributed by atoms with van der Waals surface area (Å²) in [6.45, 7) is 0. The Hall–Kier alpha value is -1.57. The molecule has 0 saturated carbocycles. The first-order valence-corrected chi connectivity index (χ1v) is 5.46. The first-order chi connectivity index (χ1) is 7.43. The zero-order chi connectivity index (χ0) is 12.3. The monoisotopic (exact) mass is 247 g/mol. The van der Waals surface area contributed by atoms with Crippen LogP contribution >= 0.6 is 11.8 Å². The normalized spacial score (nSPS) is 18.4. The number of hydrogen-bond acceptors (Lipinski definition) is 5. The van der Waals surface area contributed by atoms with Crippen molar-refractivity contribution in [2.45, 2.75) is 12.5 Å². The van der Waals surface area contributed by atoms with Crippen molar-refractivity contribution in [3.05, 3.63) is 0 Å². The van der Waals surface area contributed by atoms with Gasteiger partial charge < -0.3 is 10.2 Å². The average Bonchev–Trinajstić information content (AvgIpc) is 2.15. The van der Waals surface area contributed by atoms with Gasteiger partial charge in [-0.05, 0) is 0 Å². The molecule has 0 bridgehead atoms. The fraction of sp³-hybridized carbons (Fsp3) is 0.500. The molecule has 1 fully saturated rings. The number of carbonyl (C=O) groups excluding carboxylic acids is 2. The Balaban J connectivity index is 2.90. The SMILES string of the molecule is O=C(O)CC(C(=O)O)N1C(=O)CSCC1=O. The maximum absolute atomic E-state index is 11.4. The number of nitrogens with zero attached hydrogens (tertiary/aromatic N) is 1. The summed E-state index contributed by atoms with van der Waals surface area (Å²) in [6, 6.07) is -1.61. The van der Waals surface area contributed by atoms with Gasteiger partial charge in [0, 0.05) is 0 Å². The third kappa shape index (κ3) is 2.72. The average molecular weight is 247 g/mol. The van der Waals surface area contributed by atoms with Crippen molar-refractivity contribution in [1.82, 2.24) is 4.90 Å². The molecule has 2 amide bonds. The highest BCUT2D eigenvalue weighted by Crippen LogP contribution is 2.17. The molecular weight excluding hydrogens is 238 g/mol. The van der Waals surface area contributed by atoms with Crippen LogP contribution in [0.1, 0.15) is 6.42 Å². The van der Waals surface area contributed by atoms with E-state index in [0.717, 1.165) is 11.8 Å². The maximum atomic E-state index is 11.4. The van der Waals surface area contributed by atoms with Crippen molar-refractivity contribution in [3.63, 3.8) is 0 Å². The van der Waals surface area contributed by atoms with Gasteiger partial charge in [0.2, 0.25) is 11.8 Å². The number of thioether (sulfide) groups is 1. The third-order valence-electron chi connectivity index (χ3n) is 1.95. The summed E-state index contributed by atoms with van der Waals surface area (Å²) < 4.78 is 0. The van der Waals surface area contributed by atoms with Crippen LogP contribution in [0.3, 0.4) is 0 Å². The largest absolute Gasteiger partial charge is 0.481 e. The lowest BCUT2D eigenvalue weighted by atomic mass is 10.1. The van der Waals surface area contributed by atoms with Crippen molar-refractivity contribution in [2.24, 2.45) is 0 Å². The number of carboxylic acids is 2. The van der Waals surface area contributed by atoms with Crippen LogP contribution in [0.4, 0.5) is 0 Å². The topological polar surface area (TPSA) is 112 Å². The van der Waals surface area contributed by atoms with Crippen molar-refractivity contribution in [3.8, 4) is 0 Å². The Morgan fingerprint density at radius 2 is 1.75 bits per heavy atom. The minimum Gasteiger partial charge on any atom is -0.481 e. The van der Waals surface area contributed by atoms with Crippen LogP contribution in [0.2, 0.25) is 0 Å². The molecule has 2 N–H and O–H groups in total. The summed E-state index contributed by atoms with van der Waals surface area (Å²) in [7, 11) is 0. The fourth-order valence-electron chi connectivity index (χ4n) is 1.31. The number of aliphatic carboxylic acids is 2. The third-order valence-corrected chi connectivity index (χ3v) is 2.86. The number of carbonyl (C=O) groups is 4. The predicted molar refractivity (Wildman–Crippen MR) is 52.9 cm³/mol. The lowest BCUT2D eigenvalue weighted by Gasteiger charge is -2.29. The highest BCUT2D eigenvalue weighted by Gasteiger charge is 2.38. The van der Waals surface area contributed by atoms with E-state index in [-0.39, 0.29) is 11.5 Å². The minimum atomic E-state index is -1.61. The van der Waals surface area contributed by atoms with Gasteiger partial charge in [-0.15, -0.1) is 11.8 Å². The molecule has 0 aliphatic carbocycles. The van der Waals surface area contributed by atoms with Gasteiger partial charge in [0.05, 0.1) is 17.9 Å². The molecule has 1 heterocycles. The van der Waals surface area contributed by atoms with Gasteiger partial charge in [0.15, 0.2) is 0 Å². The van der Waals surface area contributed by atoms with Crippen molar-refractivity contribution in [2.75, 3.05) is 11.5 Å². The van der Waals surface area contributed by atoms with Crippen molar-refractivity contribution < 1.29 is 29.4 Å². The van der Waals surface area contributed by atoms with Gasteiger partial charge in [0.25, 0.3) is 0 Å². The smallest absolute Gasteiger partial charge is 0.327 e. The van der Waals surface area contributed by atoms with Crippen LogP contribution in [-0.4, -0.2) is 56.4 Å². The van der Waals surface area contributed by atoms with Gasteiger partial charge in [-0.3, -0.25) is 19.3 Å². The fourth-order valence-corrected chi connectivity index (χ4v) is 2.04. The Morgan fingerprint density at radius 1 is 1.25 bits per heavy atom. The molecule has 1 atom stereocenters. The summed E-state index contributed by atoms with van der Waals surface area (Å²) in [6.07, 6.45) is -0.780. The first kappa shape index (κ1) is 12.5. The number of hydrogen-bond donors (Lipinski definition) is 2. The Bertz CT molecular complexity index is 338. The Labute approximate surface area is 94.4 Å². The molecule has 88 valence electrons. The van der Waals surface area contributed by atoms with Crippen LogP contribution in [-0.2, 0) is 19.2 Å². The first-order valence-electron chi connectivity index (χ1n) is 4.30. The highest BCUT2D eigenvalue weighted by atomic mass is 32.2. The molecule has 8 heteroatoms. The highest BCUT2D eigenvalue weighted by molar-refractivity contribution is 8.00. The van der Waals surface area contributed by atoms with Gasteiger partial charge >= 0.3 is 11.9 Å². The van der Waals surface area contributed by atoms with E-state index in [1.54, 1.807) is 0 Å². The van der Waals surface area contributed by atoms with Crippen LogP contribution in [0, 0.1) is 0 Å². The molecule has 16 heavy (non-hydrogen) atoms. The van der Waals surface area contributed by atoms with E-state index < -0.39 is 36.2 Å². The van der Waals surface area contributed by atoms with Crippen LogP contribution < -0.4 is 0 Å². The summed E-state index contributed by atoms with van der Waals surface area (Å²) in [5, 5.41) is 17.3. The molecule has 1 rings (SSSR count). The second-order valence-corrected chi connectivity index (χ2v) is 4.09. The Kier molecular flexibility index (Phi) is 3.88. The van der Waals surface area contributed by atoms with Crippen molar-refractivity contribution >= 4 is 35.5 Å². The van der Waals surface area contributed by atoms with Crippen LogP contribution in [0.5, 0.6) is 0 Å². The molecular formula is C8H9NO6S. The summed E-state index contributed by atoms with van der Waals surface area (Å²) in [5.74, 6) is -4.18. The molecule has 0 radical (unpaired) electrons. The van der Waals surface area contributed by atoms with Crippen LogP contribution in [0.15, 0.2) is 0 Å². The van der Waals surface area contributed by atoms with Gasteiger partial charge in [-0.1, -0.05) is 0 Å². The molecule has 1 saturated heterocycles. The molecule has 0 aromatic rings. The quantitative estimate of drug-likeness (QED) is 0.614. The molecule has 0 aromatic carbocycles. The molecule has 0 aromatic heterocycles. The van der Waals surface area contributed by atoms with E-state index in [4.69, 9.17) is 10.2 Å². The molecule has 1 unspecified atom stereocenters. The number of amides is 2. The second kappa shape index (κ2) is 4.97. The summed E-state index contributed by atoms with van der Waals surface area (Å²) >= 11 is 1.08. The van der Waals surface area contributed by atoms with E-state index in [9.17, 15) is 19.2 Å². The summed E-state index contributed by atoms with van der Waals surface area (Å²) in [4.78, 5) is 44.5. The van der Waals surface area contributed by atoms with Gasteiger partial charge in [-0.2, -0.15) is 0 Å². The van der Waals surface area contributed by atoms with E-state index in [1.165, 1.54) is 0 Å². The number of imide groups is 1. The maximum Gasteiger partial charge on any atom is 0.327 e. The standard InChI is InChI=1S/C8H9NO6S/c10-5-2-16-3-6(11)9(5)4(8(14)15)1-7(12)13/h4H,1-3H2,(H,12,13)(H,14,15). The van der Waals surface area contributed by atoms with Gasteiger partial charge in [0.1, 0.15) is 6.04 Å². The number of rotatable bonds is 4. The van der Waals surface area contributed by atoms with E-state index >= 15 is 0 Å². The molecule has 0 spiro atoms. The molecule has 1 aliphatic rings. The van der Waals surface area contributed by atoms with Crippen LogP contribution in [0.25, 0.3) is 0 Å². The van der Waals surface area contributed by atoms with E-state index in [2.05, 4.69) is 0 Å². The molecule has 1 aliphatic heterocycles. The zero-order valence-electron chi connectivity index (χ0n) is 8.08. The molecule has 7 nitrogen and oxygen atoms in total. The Morgan fingerprint density at radius 3 is 2.12 bits per heavy atom. The lowest BCUT2D eigenvalue weighted by molar-refractivity contribution is -0.159. The lowest BCUT2D eigenvalue weighted by Crippen LogP contribution is -2.53. The predicted octanol–water partition coefficient (Wildman–Crippen LogP) is -0.984. The minimum absolute atomic E-state index is 0.00482. The van der Waals surface area contributed by atoms with E-state index in [1.807, 2.05) is 0 Å². The van der Waals surface area contributed by atoms with Gasteiger partial charge in [-0.25, -0.2) is 4.79 Å². The zero-order valence-corrected chi connectivity index (χ0v) is 8.90. The number of carboxylic acid groups (broad SMARTS) is 2. The van der Waals surface area contributed by atoms with E-state index in [0.29, 0.717) is 4.90 Å². The van der Waals surface area contributed by atoms with Crippen molar-refractivity contribution in [1.29, 1.82) is 0 Å². The second-order valence-electron chi connectivity index (χ2n) is 3.10.